The summed E-state index contributed by atoms with van der Waals surface area (Å²) in [5.41, 5.74) is 0.894. The zero-order valence-corrected chi connectivity index (χ0v) is 11.4. The molecule has 1 aromatic rings. The first kappa shape index (κ1) is 12.7. The highest BCUT2D eigenvalue weighted by molar-refractivity contribution is 7.92. The standard InChI is InChI=1S/C13H16O5S/c1-2-19(15,16)13-9(6-14)12(13)8-3-4-10-11(5-8)18-7-17-10/h3-5,9,12-14H,2,6-7H2,1H3/t9-,12-,13+/m0/s1. The maximum absolute atomic E-state index is 12.0. The summed E-state index contributed by atoms with van der Waals surface area (Å²) < 4.78 is 34.5. The van der Waals surface area contributed by atoms with Gasteiger partial charge in [-0.2, -0.15) is 0 Å². The van der Waals surface area contributed by atoms with Crippen molar-refractivity contribution in [2.45, 2.75) is 18.1 Å². The third-order valence-corrected chi connectivity index (χ3v) is 6.18. The van der Waals surface area contributed by atoms with Gasteiger partial charge in [0.15, 0.2) is 21.3 Å². The molecule has 0 amide bonds. The highest BCUT2D eigenvalue weighted by Gasteiger charge is 2.57. The number of rotatable bonds is 4. The van der Waals surface area contributed by atoms with Gasteiger partial charge in [0.2, 0.25) is 6.79 Å². The molecule has 0 radical (unpaired) electrons. The molecule has 2 aliphatic rings. The molecule has 3 atom stereocenters. The molecule has 1 aromatic carbocycles. The second-order valence-electron chi connectivity index (χ2n) is 4.90. The maximum Gasteiger partial charge on any atom is 0.231 e. The van der Waals surface area contributed by atoms with Crippen molar-refractivity contribution in [3.63, 3.8) is 0 Å². The maximum atomic E-state index is 12.0. The molecule has 1 heterocycles. The van der Waals surface area contributed by atoms with Crippen molar-refractivity contribution >= 4 is 9.84 Å². The molecule has 3 rings (SSSR count). The van der Waals surface area contributed by atoms with Crippen molar-refractivity contribution in [2.24, 2.45) is 5.92 Å². The lowest BCUT2D eigenvalue weighted by Crippen LogP contribution is -2.13. The third kappa shape index (κ3) is 1.99. The zero-order valence-electron chi connectivity index (χ0n) is 10.6. The molecular weight excluding hydrogens is 268 g/mol. The van der Waals surface area contributed by atoms with Gasteiger partial charge in [0, 0.05) is 24.2 Å². The Hall–Kier alpha value is -1.27. The van der Waals surface area contributed by atoms with Crippen molar-refractivity contribution in [1.82, 2.24) is 0 Å². The Morgan fingerprint density at radius 3 is 2.74 bits per heavy atom. The second-order valence-corrected chi connectivity index (χ2v) is 7.35. The number of ether oxygens (including phenoxy) is 2. The van der Waals surface area contributed by atoms with Crippen molar-refractivity contribution < 1.29 is 23.0 Å². The second kappa shape index (κ2) is 4.38. The summed E-state index contributed by atoms with van der Waals surface area (Å²) in [6.45, 7) is 1.73. The van der Waals surface area contributed by atoms with E-state index in [1.165, 1.54) is 0 Å². The minimum Gasteiger partial charge on any atom is -0.454 e. The molecule has 1 saturated carbocycles. The number of benzene rings is 1. The smallest absolute Gasteiger partial charge is 0.231 e. The summed E-state index contributed by atoms with van der Waals surface area (Å²) >= 11 is 0. The van der Waals surface area contributed by atoms with Crippen LogP contribution in [0.25, 0.3) is 0 Å². The molecule has 104 valence electrons. The summed E-state index contributed by atoms with van der Waals surface area (Å²) in [6.07, 6.45) is 0. The van der Waals surface area contributed by atoms with Crippen LogP contribution >= 0.6 is 0 Å². The normalized spacial score (nSPS) is 28.4. The summed E-state index contributed by atoms with van der Waals surface area (Å²) in [5.74, 6) is 1.10. The Kier molecular flexibility index (Phi) is 2.94. The molecule has 1 aliphatic heterocycles. The van der Waals surface area contributed by atoms with Crippen molar-refractivity contribution in [1.29, 1.82) is 0 Å². The van der Waals surface area contributed by atoms with Crippen LogP contribution < -0.4 is 9.47 Å². The van der Waals surface area contributed by atoms with Crippen LogP contribution in [0, 0.1) is 5.92 Å². The molecule has 0 saturated heterocycles. The summed E-state index contributed by atoms with van der Waals surface area (Å²) in [4.78, 5) is 0. The quantitative estimate of drug-likeness (QED) is 0.890. The van der Waals surface area contributed by atoms with Gasteiger partial charge in [-0.15, -0.1) is 0 Å². The lowest BCUT2D eigenvalue weighted by molar-refractivity contribution is 0.174. The highest BCUT2D eigenvalue weighted by atomic mass is 32.2. The van der Waals surface area contributed by atoms with Crippen LogP contribution in [0.3, 0.4) is 0 Å². The van der Waals surface area contributed by atoms with E-state index in [0.717, 1.165) is 5.56 Å². The molecule has 0 bridgehead atoms. The van der Waals surface area contributed by atoms with Crippen molar-refractivity contribution in [2.75, 3.05) is 19.2 Å². The van der Waals surface area contributed by atoms with Crippen LogP contribution in [0.5, 0.6) is 11.5 Å². The van der Waals surface area contributed by atoms with Crippen molar-refractivity contribution in [3.8, 4) is 11.5 Å². The summed E-state index contributed by atoms with van der Waals surface area (Å²) in [6, 6.07) is 5.47. The predicted molar refractivity (Wildman–Crippen MR) is 69.1 cm³/mol. The lowest BCUT2D eigenvalue weighted by atomic mass is 10.1. The Balaban J connectivity index is 1.91. The number of aliphatic hydroxyl groups is 1. The molecule has 1 N–H and O–H groups in total. The monoisotopic (exact) mass is 284 g/mol. The predicted octanol–water partition coefficient (Wildman–Crippen LogP) is 0.924. The molecule has 5 nitrogen and oxygen atoms in total. The van der Waals surface area contributed by atoms with Crippen LogP contribution in [0.2, 0.25) is 0 Å². The number of hydrogen-bond donors (Lipinski definition) is 1. The van der Waals surface area contributed by atoms with E-state index < -0.39 is 15.1 Å². The molecule has 6 heteroatoms. The fourth-order valence-electron chi connectivity index (χ4n) is 2.80. The zero-order chi connectivity index (χ0) is 13.6. The van der Waals surface area contributed by atoms with E-state index in [1.54, 1.807) is 13.0 Å². The van der Waals surface area contributed by atoms with E-state index in [1.807, 2.05) is 12.1 Å². The summed E-state index contributed by atoms with van der Waals surface area (Å²) in [5, 5.41) is 8.87. The Bertz CT molecular complexity index is 595. The van der Waals surface area contributed by atoms with E-state index in [4.69, 9.17) is 9.47 Å². The van der Waals surface area contributed by atoms with Crippen molar-refractivity contribution in [3.05, 3.63) is 23.8 Å². The first-order valence-electron chi connectivity index (χ1n) is 6.30. The Morgan fingerprint density at radius 2 is 2.05 bits per heavy atom. The minimum absolute atomic E-state index is 0.106. The lowest BCUT2D eigenvalue weighted by Gasteiger charge is -2.02. The van der Waals surface area contributed by atoms with Crippen LogP contribution in [-0.2, 0) is 9.84 Å². The molecule has 1 fully saturated rings. The van der Waals surface area contributed by atoms with Crippen LogP contribution in [0.1, 0.15) is 18.4 Å². The van der Waals surface area contributed by atoms with Gasteiger partial charge in [0.25, 0.3) is 0 Å². The minimum atomic E-state index is -3.13. The van der Waals surface area contributed by atoms with Gasteiger partial charge in [-0.25, -0.2) is 8.42 Å². The average Bonchev–Trinajstić information content (AvgIpc) is 2.99. The van der Waals surface area contributed by atoms with Crippen LogP contribution in [0.4, 0.5) is 0 Å². The van der Waals surface area contributed by atoms with Gasteiger partial charge in [0.1, 0.15) is 0 Å². The average molecular weight is 284 g/mol. The Morgan fingerprint density at radius 1 is 1.32 bits per heavy atom. The molecule has 0 spiro atoms. The van der Waals surface area contributed by atoms with Gasteiger partial charge >= 0.3 is 0 Å². The number of hydrogen-bond acceptors (Lipinski definition) is 5. The van der Waals surface area contributed by atoms with Gasteiger partial charge in [-0.05, 0) is 17.7 Å². The fraction of sp³-hybridized carbons (Fsp3) is 0.538. The van der Waals surface area contributed by atoms with Gasteiger partial charge in [-0.3, -0.25) is 0 Å². The third-order valence-electron chi connectivity index (χ3n) is 3.91. The molecular formula is C13H16O5S. The van der Waals surface area contributed by atoms with Crippen LogP contribution in [-0.4, -0.2) is 37.9 Å². The highest BCUT2D eigenvalue weighted by Crippen LogP contribution is 2.53. The van der Waals surface area contributed by atoms with Crippen LogP contribution in [0.15, 0.2) is 18.2 Å². The molecule has 19 heavy (non-hydrogen) atoms. The summed E-state index contributed by atoms with van der Waals surface area (Å²) in [7, 11) is -3.13. The van der Waals surface area contributed by atoms with Gasteiger partial charge in [0.05, 0.1) is 5.25 Å². The largest absolute Gasteiger partial charge is 0.454 e. The first-order valence-corrected chi connectivity index (χ1v) is 8.02. The Labute approximate surface area is 112 Å². The van der Waals surface area contributed by atoms with Gasteiger partial charge < -0.3 is 14.6 Å². The number of sulfone groups is 1. The van der Waals surface area contributed by atoms with E-state index >= 15 is 0 Å². The van der Waals surface area contributed by atoms with E-state index in [-0.39, 0.29) is 31.0 Å². The van der Waals surface area contributed by atoms with Gasteiger partial charge in [-0.1, -0.05) is 13.0 Å². The van der Waals surface area contributed by atoms with E-state index in [0.29, 0.717) is 11.5 Å². The van der Waals surface area contributed by atoms with E-state index in [9.17, 15) is 13.5 Å². The number of fused-ring (bicyclic) bond motifs is 1. The van der Waals surface area contributed by atoms with E-state index in [2.05, 4.69) is 0 Å². The SMILES string of the molecule is CCS(=O)(=O)[C@@H]1[C@@H](CO)[C@@H]1c1ccc2c(c1)OCO2. The topological polar surface area (TPSA) is 72.8 Å². The first-order chi connectivity index (χ1) is 9.08. The number of aliphatic hydroxyl groups excluding tert-OH is 1. The molecule has 1 aliphatic carbocycles. The molecule has 0 aromatic heterocycles. The molecule has 0 unspecified atom stereocenters. The fourth-order valence-corrected chi connectivity index (χ4v) is 4.69.